The number of benzene rings is 1. The molecule has 0 aliphatic rings. The first kappa shape index (κ1) is 16.4. The Morgan fingerprint density at radius 1 is 1.25 bits per heavy atom. The van der Waals surface area contributed by atoms with Crippen molar-refractivity contribution >= 4 is 11.6 Å². The quantitative estimate of drug-likeness (QED) is 0.708. The van der Waals surface area contributed by atoms with E-state index in [4.69, 9.17) is 9.47 Å². The average Bonchev–Trinajstić information content (AvgIpc) is 2.40. The van der Waals surface area contributed by atoms with Gasteiger partial charge in [0.2, 0.25) is 5.91 Å². The predicted molar refractivity (Wildman–Crippen MR) is 76.9 cm³/mol. The molecule has 0 radical (unpaired) electrons. The fourth-order valence-corrected chi connectivity index (χ4v) is 1.49. The molecule has 0 heterocycles. The Hall–Kier alpha value is -1.62. The molecule has 5 heteroatoms. The molecule has 0 atom stereocenters. The number of nitrogens with one attached hydrogen (secondary N) is 1. The molecule has 20 heavy (non-hydrogen) atoms. The molecule has 0 spiro atoms. The maximum Gasteiger partial charge on any atom is 0.226 e. The zero-order valence-corrected chi connectivity index (χ0v) is 12.0. The first-order chi connectivity index (χ1) is 9.61. The summed E-state index contributed by atoms with van der Waals surface area (Å²) in [6.45, 7) is 4.24. The van der Waals surface area contributed by atoms with Gasteiger partial charge in [-0.3, -0.25) is 9.18 Å². The normalized spacial score (nSPS) is 10.6. The number of halogens is 1. The maximum atomic E-state index is 11.9. The molecule has 1 aromatic carbocycles. The van der Waals surface area contributed by atoms with Gasteiger partial charge in [-0.2, -0.15) is 0 Å². The van der Waals surface area contributed by atoms with Crippen LogP contribution in [-0.4, -0.2) is 31.9 Å². The highest BCUT2D eigenvalue weighted by Gasteiger charge is 2.03. The van der Waals surface area contributed by atoms with E-state index >= 15 is 0 Å². The van der Waals surface area contributed by atoms with Crippen LogP contribution in [0.5, 0.6) is 5.75 Å². The summed E-state index contributed by atoms with van der Waals surface area (Å²) in [5, 5.41) is 2.78. The summed E-state index contributed by atoms with van der Waals surface area (Å²) < 4.78 is 22.6. The molecule has 0 unspecified atom stereocenters. The minimum absolute atomic E-state index is 0.0863. The lowest BCUT2D eigenvalue weighted by atomic mass is 10.3. The van der Waals surface area contributed by atoms with Crippen molar-refractivity contribution in [2.45, 2.75) is 32.8 Å². The van der Waals surface area contributed by atoms with Crippen molar-refractivity contribution < 1.29 is 18.7 Å². The van der Waals surface area contributed by atoms with Crippen LogP contribution >= 0.6 is 0 Å². The summed E-state index contributed by atoms with van der Waals surface area (Å²) in [5.41, 5.74) is 0.706. The van der Waals surface area contributed by atoms with E-state index in [2.05, 4.69) is 5.32 Å². The van der Waals surface area contributed by atoms with E-state index in [1.165, 1.54) is 0 Å². The summed E-state index contributed by atoms with van der Waals surface area (Å²) >= 11 is 0. The van der Waals surface area contributed by atoms with Crippen molar-refractivity contribution in [3.8, 4) is 5.75 Å². The highest BCUT2D eigenvalue weighted by atomic mass is 19.1. The van der Waals surface area contributed by atoms with E-state index < -0.39 is 0 Å². The summed E-state index contributed by atoms with van der Waals surface area (Å²) in [6.07, 6.45) is 0.838. The van der Waals surface area contributed by atoms with Crippen molar-refractivity contribution in [1.82, 2.24) is 0 Å². The Morgan fingerprint density at radius 2 is 1.95 bits per heavy atom. The molecule has 0 saturated carbocycles. The number of alkyl halides is 1. The molecular weight excluding hydrogens is 261 g/mol. The van der Waals surface area contributed by atoms with E-state index in [-0.39, 0.29) is 18.7 Å². The van der Waals surface area contributed by atoms with Gasteiger partial charge < -0.3 is 14.8 Å². The van der Waals surface area contributed by atoms with Crippen molar-refractivity contribution in [1.29, 1.82) is 0 Å². The van der Waals surface area contributed by atoms with E-state index in [0.29, 0.717) is 37.5 Å². The van der Waals surface area contributed by atoms with Crippen LogP contribution in [0.25, 0.3) is 0 Å². The lowest BCUT2D eigenvalue weighted by molar-refractivity contribution is -0.117. The van der Waals surface area contributed by atoms with Crippen LogP contribution in [0.2, 0.25) is 0 Å². The number of ether oxygens (including phenoxy) is 2. The molecular formula is C15H22FNO3. The van der Waals surface area contributed by atoms with Gasteiger partial charge in [-0.15, -0.1) is 0 Å². The van der Waals surface area contributed by atoms with Crippen LogP contribution < -0.4 is 10.1 Å². The molecule has 112 valence electrons. The lowest BCUT2D eigenvalue weighted by Crippen LogP contribution is -2.15. The second kappa shape index (κ2) is 9.31. The summed E-state index contributed by atoms with van der Waals surface area (Å²) in [6, 6.07) is 7.01. The molecule has 0 aliphatic heterocycles. The Kier molecular flexibility index (Phi) is 7.65. The summed E-state index contributed by atoms with van der Waals surface area (Å²) in [4.78, 5) is 11.6. The topological polar surface area (TPSA) is 47.6 Å². The third kappa shape index (κ3) is 7.09. The van der Waals surface area contributed by atoms with Crippen LogP contribution in [0.1, 0.15) is 26.7 Å². The second-order valence-corrected chi connectivity index (χ2v) is 4.63. The largest absolute Gasteiger partial charge is 0.493 e. The molecule has 0 aliphatic carbocycles. The van der Waals surface area contributed by atoms with Crippen LogP contribution in [0.4, 0.5) is 10.1 Å². The Morgan fingerprint density at radius 3 is 2.55 bits per heavy atom. The number of carbonyl (C=O) groups excluding carboxylic acids is 1. The summed E-state index contributed by atoms with van der Waals surface area (Å²) in [7, 11) is 0. The molecule has 0 fully saturated rings. The van der Waals surface area contributed by atoms with Crippen molar-refractivity contribution in [2.24, 2.45) is 0 Å². The van der Waals surface area contributed by atoms with Gasteiger partial charge in [0, 0.05) is 12.1 Å². The van der Waals surface area contributed by atoms with Crippen molar-refractivity contribution in [2.75, 3.05) is 25.2 Å². The Labute approximate surface area is 119 Å². The second-order valence-electron chi connectivity index (χ2n) is 4.63. The van der Waals surface area contributed by atoms with E-state index in [0.717, 1.165) is 0 Å². The molecule has 0 saturated heterocycles. The number of anilines is 1. The standard InChI is InChI=1S/C15H22FNO3/c1-12(2)19-11-8-15(18)17-13-4-6-14(7-5-13)20-10-3-9-16/h4-7,12H,3,8-11H2,1-2H3,(H,17,18). The zero-order chi connectivity index (χ0) is 14.8. The van der Waals surface area contributed by atoms with Crippen LogP contribution in [0, 0.1) is 0 Å². The number of rotatable bonds is 9. The van der Waals surface area contributed by atoms with Crippen molar-refractivity contribution in [3.05, 3.63) is 24.3 Å². The highest BCUT2D eigenvalue weighted by molar-refractivity contribution is 5.90. The first-order valence-electron chi connectivity index (χ1n) is 6.82. The Balaban J connectivity index is 2.31. The molecule has 0 bridgehead atoms. The van der Waals surface area contributed by atoms with Gasteiger partial charge >= 0.3 is 0 Å². The van der Waals surface area contributed by atoms with Gasteiger partial charge in [0.25, 0.3) is 0 Å². The van der Waals surface area contributed by atoms with Crippen molar-refractivity contribution in [3.63, 3.8) is 0 Å². The van der Waals surface area contributed by atoms with Gasteiger partial charge in [-0.05, 0) is 38.1 Å². The zero-order valence-electron chi connectivity index (χ0n) is 12.0. The number of hydrogen-bond donors (Lipinski definition) is 1. The minimum atomic E-state index is -0.382. The van der Waals surface area contributed by atoms with E-state index in [1.54, 1.807) is 24.3 Å². The van der Waals surface area contributed by atoms with Gasteiger partial charge in [-0.25, -0.2) is 0 Å². The van der Waals surface area contributed by atoms with Gasteiger partial charge in [0.1, 0.15) is 5.75 Å². The molecule has 1 rings (SSSR count). The third-order valence-corrected chi connectivity index (χ3v) is 2.47. The van der Waals surface area contributed by atoms with Crippen LogP contribution in [0.15, 0.2) is 24.3 Å². The third-order valence-electron chi connectivity index (χ3n) is 2.47. The minimum Gasteiger partial charge on any atom is -0.493 e. The lowest BCUT2D eigenvalue weighted by Gasteiger charge is -2.09. The van der Waals surface area contributed by atoms with Gasteiger partial charge in [0.15, 0.2) is 0 Å². The molecule has 1 N–H and O–H groups in total. The van der Waals surface area contributed by atoms with E-state index in [1.807, 2.05) is 13.8 Å². The van der Waals surface area contributed by atoms with Crippen LogP contribution in [-0.2, 0) is 9.53 Å². The fraction of sp³-hybridized carbons (Fsp3) is 0.533. The highest BCUT2D eigenvalue weighted by Crippen LogP contribution is 2.16. The molecule has 4 nitrogen and oxygen atoms in total. The maximum absolute atomic E-state index is 11.9. The molecule has 1 amide bonds. The van der Waals surface area contributed by atoms with Gasteiger partial charge in [0.05, 0.1) is 32.4 Å². The fourth-order valence-electron chi connectivity index (χ4n) is 1.49. The Bertz CT molecular complexity index is 393. The molecule has 0 aromatic heterocycles. The van der Waals surface area contributed by atoms with E-state index in [9.17, 15) is 9.18 Å². The monoisotopic (exact) mass is 283 g/mol. The summed E-state index contributed by atoms with van der Waals surface area (Å²) in [5.74, 6) is 0.580. The van der Waals surface area contributed by atoms with Gasteiger partial charge in [-0.1, -0.05) is 0 Å². The number of amides is 1. The SMILES string of the molecule is CC(C)OCCC(=O)Nc1ccc(OCCCF)cc1. The smallest absolute Gasteiger partial charge is 0.226 e. The molecule has 1 aromatic rings. The average molecular weight is 283 g/mol. The number of carbonyl (C=O) groups is 1. The number of hydrogen-bond acceptors (Lipinski definition) is 3. The van der Waals surface area contributed by atoms with Crippen LogP contribution in [0.3, 0.4) is 0 Å². The predicted octanol–water partition coefficient (Wildman–Crippen LogP) is 3.18. The first-order valence-corrected chi connectivity index (χ1v) is 6.82.